The van der Waals surface area contributed by atoms with E-state index in [1.54, 1.807) is 11.3 Å². The first kappa shape index (κ1) is 16.9. The zero-order valence-electron chi connectivity index (χ0n) is 15.7. The van der Waals surface area contributed by atoms with E-state index in [1.807, 2.05) is 6.07 Å². The number of hydrogen-bond acceptors (Lipinski definition) is 4. The second kappa shape index (κ2) is 6.43. The summed E-state index contributed by atoms with van der Waals surface area (Å²) >= 11 is 1.62. The first-order valence-electron chi connectivity index (χ1n) is 9.67. The summed E-state index contributed by atoms with van der Waals surface area (Å²) in [5.74, 6) is -0.0580. The van der Waals surface area contributed by atoms with Crippen LogP contribution in [-0.2, 0) is 25.8 Å². The Kier molecular flexibility index (Phi) is 4.02. The van der Waals surface area contributed by atoms with Gasteiger partial charge >= 0.3 is 0 Å². The van der Waals surface area contributed by atoms with Gasteiger partial charge in [-0.25, -0.2) is 4.98 Å². The molecule has 1 aliphatic carbocycles. The first-order valence-corrected chi connectivity index (χ1v) is 10.5. The predicted molar refractivity (Wildman–Crippen MR) is 111 cm³/mol. The van der Waals surface area contributed by atoms with Gasteiger partial charge in [0.2, 0.25) is 0 Å². The summed E-state index contributed by atoms with van der Waals surface area (Å²) in [6.07, 6.45) is 3.10. The van der Waals surface area contributed by atoms with Gasteiger partial charge in [-0.1, -0.05) is 24.3 Å². The molecule has 0 bridgehead atoms. The topological polar surface area (TPSA) is 45.2 Å². The van der Waals surface area contributed by atoms with Crippen LogP contribution in [0.5, 0.6) is 0 Å². The Bertz CT molecular complexity index is 1040. The number of fused-ring (bicyclic) bond motifs is 1. The summed E-state index contributed by atoms with van der Waals surface area (Å²) in [4.78, 5) is 21.4. The maximum absolute atomic E-state index is 13.0. The van der Waals surface area contributed by atoms with E-state index in [0.29, 0.717) is 6.04 Å². The summed E-state index contributed by atoms with van der Waals surface area (Å²) in [5, 5.41) is 6.12. The first-order chi connectivity index (χ1) is 13.1. The van der Waals surface area contributed by atoms with E-state index in [1.165, 1.54) is 21.4 Å². The Labute approximate surface area is 163 Å². The van der Waals surface area contributed by atoms with Crippen LogP contribution in [0.1, 0.15) is 45.9 Å². The molecule has 0 radical (unpaired) electrons. The van der Waals surface area contributed by atoms with E-state index in [-0.39, 0.29) is 5.91 Å². The van der Waals surface area contributed by atoms with Crippen molar-refractivity contribution < 1.29 is 4.79 Å². The highest BCUT2D eigenvalue weighted by atomic mass is 32.1. The van der Waals surface area contributed by atoms with Gasteiger partial charge < -0.3 is 0 Å². The number of thiazole rings is 1. The highest BCUT2D eigenvalue weighted by molar-refractivity contribution is 7.15. The van der Waals surface area contributed by atoms with Crippen molar-refractivity contribution in [3.05, 3.63) is 57.6 Å². The van der Waals surface area contributed by atoms with Crippen LogP contribution in [0.4, 0.5) is 5.13 Å². The Morgan fingerprint density at radius 3 is 2.78 bits per heavy atom. The lowest BCUT2D eigenvalue weighted by Crippen LogP contribution is -2.35. The average Bonchev–Trinajstić information content (AvgIpc) is 3.26. The fourth-order valence-corrected chi connectivity index (χ4v) is 5.35. The van der Waals surface area contributed by atoms with Crippen LogP contribution in [0.2, 0.25) is 0 Å². The van der Waals surface area contributed by atoms with Crippen molar-refractivity contribution in [1.82, 2.24) is 9.88 Å². The summed E-state index contributed by atoms with van der Waals surface area (Å²) in [6, 6.07) is 10.9. The SMILES string of the molecule is CC(C)N1CCc2nc(NC(=O)c3ccc4c5c(cccc35)CC4)sc2C1. The minimum absolute atomic E-state index is 0.0580. The maximum atomic E-state index is 13.0. The van der Waals surface area contributed by atoms with Gasteiger partial charge in [-0.3, -0.25) is 15.0 Å². The van der Waals surface area contributed by atoms with Crippen molar-refractivity contribution in [1.29, 1.82) is 0 Å². The molecule has 1 amide bonds. The third-order valence-electron chi connectivity index (χ3n) is 5.83. The number of aryl methyl sites for hydroxylation is 2. The summed E-state index contributed by atoms with van der Waals surface area (Å²) < 4.78 is 0. The van der Waals surface area contributed by atoms with E-state index in [2.05, 4.69) is 48.3 Å². The fourth-order valence-electron chi connectivity index (χ4n) is 4.32. The van der Waals surface area contributed by atoms with Crippen molar-refractivity contribution >= 4 is 33.1 Å². The zero-order chi connectivity index (χ0) is 18.5. The molecule has 2 aromatic carbocycles. The summed E-state index contributed by atoms with van der Waals surface area (Å²) in [5.41, 5.74) is 4.60. The number of aromatic nitrogens is 1. The van der Waals surface area contributed by atoms with Gasteiger partial charge in [-0.2, -0.15) is 0 Å². The third-order valence-corrected chi connectivity index (χ3v) is 6.83. The molecular weight excluding hydrogens is 354 g/mol. The van der Waals surface area contributed by atoms with Crippen molar-refractivity contribution in [3.8, 4) is 0 Å². The molecule has 27 heavy (non-hydrogen) atoms. The molecule has 4 nitrogen and oxygen atoms in total. The van der Waals surface area contributed by atoms with Crippen LogP contribution in [0.3, 0.4) is 0 Å². The van der Waals surface area contributed by atoms with Crippen LogP contribution >= 0.6 is 11.3 Å². The number of hydrogen-bond donors (Lipinski definition) is 1. The molecule has 0 saturated carbocycles. The van der Waals surface area contributed by atoms with Gasteiger partial charge in [0.15, 0.2) is 5.13 Å². The maximum Gasteiger partial charge on any atom is 0.258 e. The number of rotatable bonds is 3. The number of anilines is 1. The molecule has 0 saturated heterocycles. The molecule has 1 aromatic heterocycles. The van der Waals surface area contributed by atoms with Gasteiger partial charge in [-0.05, 0) is 54.7 Å². The fraction of sp³-hybridized carbons (Fsp3) is 0.364. The largest absolute Gasteiger partial charge is 0.298 e. The molecule has 138 valence electrons. The lowest BCUT2D eigenvalue weighted by atomic mass is 9.99. The van der Waals surface area contributed by atoms with Crippen LogP contribution in [0.25, 0.3) is 10.8 Å². The molecule has 0 fully saturated rings. The lowest BCUT2D eigenvalue weighted by molar-refractivity contribution is 0.102. The van der Waals surface area contributed by atoms with Crippen LogP contribution < -0.4 is 5.32 Å². The van der Waals surface area contributed by atoms with Crippen molar-refractivity contribution in [2.75, 3.05) is 11.9 Å². The Hall–Kier alpha value is -2.24. The lowest BCUT2D eigenvalue weighted by Gasteiger charge is -2.29. The summed E-state index contributed by atoms with van der Waals surface area (Å²) in [7, 11) is 0. The average molecular weight is 378 g/mol. The van der Waals surface area contributed by atoms with Crippen LogP contribution in [0, 0.1) is 0 Å². The van der Waals surface area contributed by atoms with Gasteiger partial charge in [-0.15, -0.1) is 11.3 Å². The van der Waals surface area contributed by atoms with Crippen molar-refractivity contribution in [2.24, 2.45) is 0 Å². The van der Waals surface area contributed by atoms with E-state index in [4.69, 9.17) is 4.98 Å². The molecule has 0 atom stereocenters. The van der Waals surface area contributed by atoms with E-state index in [9.17, 15) is 4.79 Å². The number of nitrogens with one attached hydrogen (secondary N) is 1. The van der Waals surface area contributed by atoms with Crippen molar-refractivity contribution in [3.63, 3.8) is 0 Å². The van der Waals surface area contributed by atoms with E-state index >= 15 is 0 Å². The molecule has 0 unspecified atom stereocenters. The van der Waals surface area contributed by atoms with Gasteiger partial charge in [0.05, 0.1) is 5.69 Å². The number of carbonyl (C=O) groups is 1. The quantitative estimate of drug-likeness (QED) is 0.735. The van der Waals surface area contributed by atoms with E-state index < -0.39 is 0 Å². The predicted octanol–water partition coefficient (Wildman–Crippen LogP) is 4.41. The molecule has 3 aromatic rings. The molecule has 2 aliphatic rings. The standard InChI is InChI=1S/C22H23N3OS/c1-13(2)25-11-10-18-19(12-25)27-22(23-18)24-21(26)17-9-8-15-7-6-14-4-3-5-16(17)20(14)15/h3-5,8-9,13H,6-7,10-12H2,1-2H3,(H,23,24,26). The third kappa shape index (κ3) is 2.86. The molecule has 5 rings (SSSR count). The Morgan fingerprint density at radius 1 is 1.15 bits per heavy atom. The minimum atomic E-state index is -0.0580. The smallest absolute Gasteiger partial charge is 0.258 e. The van der Waals surface area contributed by atoms with Gasteiger partial charge in [0.25, 0.3) is 5.91 Å². The number of nitrogens with zero attached hydrogens (tertiary/aromatic N) is 2. The molecule has 1 aliphatic heterocycles. The molecule has 0 spiro atoms. The highest BCUT2D eigenvalue weighted by Gasteiger charge is 2.24. The number of amides is 1. The van der Waals surface area contributed by atoms with Gasteiger partial charge in [0.1, 0.15) is 0 Å². The second-order valence-electron chi connectivity index (χ2n) is 7.77. The second-order valence-corrected chi connectivity index (χ2v) is 8.85. The monoisotopic (exact) mass is 377 g/mol. The van der Waals surface area contributed by atoms with Crippen LogP contribution in [-0.4, -0.2) is 28.4 Å². The highest BCUT2D eigenvalue weighted by Crippen LogP contribution is 2.34. The minimum Gasteiger partial charge on any atom is -0.298 e. The van der Waals surface area contributed by atoms with Gasteiger partial charge in [0, 0.05) is 36.0 Å². The Balaban J connectivity index is 1.43. The molecule has 1 N–H and O–H groups in total. The molecule has 2 heterocycles. The van der Waals surface area contributed by atoms with E-state index in [0.717, 1.165) is 54.1 Å². The Morgan fingerprint density at radius 2 is 1.96 bits per heavy atom. The van der Waals surface area contributed by atoms with Crippen molar-refractivity contribution in [2.45, 2.75) is 45.7 Å². The van der Waals surface area contributed by atoms with Crippen LogP contribution in [0.15, 0.2) is 30.3 Å². The molecular formula is C22H23N3OS. The molecule has 5 heteroatoms. The zero-order valence-corrected chi connectivity index (χ0v) is 16.5. The number of carbonyl (C=O) groups excluding carboxylic acids is 1. The normalized spacial score (nSPS) is 16.1. The summed E-state index contributed by atoms with van der Waals surface area (Å²) in [6.45, 7) is 6.42. The number of benzene rings is 2.